The summed E-state index contributed by atoms with van der Waals surface area (Å²) >= 11 is 5.88. The molecular weight excluding hydrogens is 264 g/mol. The van der Waals surface area contributed by atoms with E-state index in [0.29, 0.717) is 22.4 Å². The van der Waals surface area contributed by atoms with Crippen molar-refractivity contribution >= 4 is 17.5 Å². The molecule has 1 aromatic carbocycles. The highest BCUT2D eigenvalue weighted by Crippen LogP contribution is 2.32. The van der Waals surface area contributed by atoms with E-state index in [2.05, 4.69) is 21.5 Å². The standard InChI is InChI=1S/C12H9ClN6/c13-8-3-1-7(2-4-8)10-9(5-14)11(15)18-12-16-6-17-19(10)12/h1-4,6,10H,15H2,(H,16,17,18)/t10-/m0/s1. The average molecular weight is 273 g/mol. The number of hydrogen-bond acceptors (Lipinski definition) is 5. The highest BCUT2D eigenvalue weighted by Gasteiger charge is 2.29. The minimum Gasteiger partial charge on any atom is -0.384 e. The number of aromatic nitrogens is 3. The Bertz CT molecular complexity index is 694. The zero-order chi connectivity index (χ0) is 13.4. The van der Waals surface area contributed by atoms with Crippen LogP contribution in [-0.4, -0.2) is 14.8 Å². The van der Waals surface area contributed by atoms with E-state index in [1.165, 1.54) is 6.33 Å². The average Bonchev–Trinajstić information content (AvgIpc) is 2.86. The lowest BCUT2D eigenvalue weighted by Gasteiger charge is -2.25. The Balaban J connectivity index is 2.18. The second kappa shape index (κ2) is 4.30. The molecule has 0 saturated heterocycles. The van der Waals surface area contributed by atoms with Crippen molar-refractivity contribution < 1.29 is 0 Å². The summed E-state index contributed by atoms with van der Waals surface area (Å²) in [5, 5.41) is 16.9. The summed E-state index contributed by atoms with van der Waals surface area (Å²) in [6.07, 6.45) is 1.42. The SMILES string of the molecule is N#CC1=C(N)Nc2ncnn2[C@H]1c1ccc(Cl)cc1. The zero-order valence-electron chi connectivity index (χ0n) is 9.71. The maximum Gasteiger partial charge on any atom is 0.227 e. The van der Waals surface area contributed by atoms with E-state index in [4.69, 9.17) is 17.3 Å². The number of nitrogens with zero attached hydrogens (tertiary/aromatic N) is 4. The van der Waals surface area contributed by atoms with E-state index in [1.54, 1.807) is 16.8 Å². The fourth-order valence-electron chi connectivity index (χ4n) is 2.06. The summed E-state index contributed by atoms with van der Waals surface area (Å²) in [6, 6.07) is 8.94. The third-order valence-electron chi connectivity index (χ3n) is 2.93. The Morgan fingerprint density at radius 2 is 2.11 bits per heavy atom. The molecule has 0 aliphatic carbocycles. The predicted octanol–water partition coefficient (Wildman–Crippen LogP) is 1.64. The van der Waals surface area contributed by atoms with Gasteiger partial charge in [-0.15, -0.1) is 0 Å². The molecule has 0 saturated carbocycles. The van der Waals surface area contributed by atoms with Crippen molar-refractivity contribution in [3.05, 3.63) is 52.6 Å². The zero-order valence-corrected chi connectivity index (χ0v) is 10.5. The normalized spacial score (nSPS) is 17.6. The van der Waals surface area contributed by atoms with Crippen molar-refractivity contribution in [1.29, 1.82) is 5.26 Å². The van der Waals surface area contributed by atoms with Crippen LogP contribution in [0.1, 0.15) is 11.6 Å². The maximum atomic E-state index is 9.30. The molecule has 0 unspecified atom stereocenters. The monoisotopic (exact) mass is 272 g/mol. The summed E-state index contributed by atoms with van der Waals surface area (Å²) in [5.41, 5.74) is 7.14. The van der Waals surface area contributed by atoms with Gasteiger partial charge in [-0.1, -0.05) is 23.7 Å². The van der Waals surface area contributed by atoms with Crippen LogP contribution in [0, 0.1) is 11.3 Å². The van der Waals surface area contributed by atoms with Gasteiger partial charge in [0.2, 0.25) is 5.95 Å². The smallest absolute Gasteiger partial charge is 0.227 e. The first-order valence-electron chi connectivity index (χ1n) is 5.52. The van der Waals surface area contributed by atoms with Crippen LogP contribution in [-0.2, 0) is 0 Å². The molecule has 2 aromatic rings. The molecule has 94 valence electrons. The lowest BCUT2D eigenvalue weighted by Crippen LogP contribution is -2.28. The lowest BCUT2D eigenvalue weighted by atomic mass is 9.98. The molecule has 1 aromatic heterocycles. The molecule has 0 fully saturated rings. The van der Waals surface area contributed by atoms with Gasteiger partial charge in [0.15, 0.2) is 0 Å². The molecule has 0 amide bonds. The molecule has 3 N–H and O–H groups in total. The fraction of sp³-hybridized carbons (Fsp3) is 0.0833. The van der Waals surface area contributed by atoms with Crippen molar-refractivity contribution in [2.45, 2.75) is 6.04 Å². The van der Waals surface area contributed by atoms with E-state index in [0.717, 1.165) is 5.56 Å². The van der Waals surface area contributed by atoms with Gasteiger partial charge in [-0.25, -0.2) is 4.68 Å². The Morgan fingerprint density at radius 3 is 2.79 bits per heavy atom. The van der Waals surface area contributed by atoms with Crippen LogP contribution < -0.4 is 11.1 Å². The Labute approximate surface area is 114 Å². The van der Waals surface area contributed by atoms with Crippen LogP contribution in [0.3, 0.4) is 0 Å². The second-order valence-electron chi connectivity index (χ2n) is 4.05. The Morgan fingerprint density at radius 1 is 1.37 bits per heavy atom. The molecule has 0 bridgehead atoms. The highest BCUT2D eigenvalue weighted by atomic mass is 35.5. The number of halogens is 1. The summed E-state index contributed by atoms with van der Waals surface area (Å²) in [6.45, 7) is 0. The van der Waals surface area contributed by atoms with Gasteiger partial charge < -0.3 is 11.1 Å². The molecular formula is C12H9ClN6. The number of benzene rings is 1. The Kier molecular flexibility index (Phi) is 2.62. The highest BCUT2D eigenvalue weighted by molar-refractivity contribution is 6.30. The number of nitrogens with two attached hydrogens (primary N) is 1. The van der Waals surface area contributed by atoms with Gasteiger partial charge in [-0.2, -0.15) is 15.3 Å². The minimum absolute atomic E-state index is 0.294. The third kappa shape index (κ3) is 1.80. The van der Waals surface area contributed by atoms with Gasteiger partial charge in [-0.05, 0) is 17.7 Å². The van der Waals surface area contributed by atoms with Crippen molar-refractivity contribution in [1.82, 2.24) is 14.8 Å². The molecule has 0 spiro atoms. The van der Waals surface area contributed by atoms with Gasteiger partial charge in [0, 0.05) is 5.02 Å². The quantitative estimate of drug-likeness (QED) is 0.823. The number of fused-ring (bicyclic) bond motifs is 1. The molecule has 1 atom stereocenters. The van der Waals surface area contributed by atoms with Crippen LogP contribution in [0.15, 0.2) is 42.0 Å². The van der Waals surface area contributed by atoms with E-state index >= 15 is 0 Å². The van der Waals surface area contributed by atoms with Crippen molar-refractivity contribution in [3.63, 3.8) is 0 Å². The van der Waals surface area contributed by atoms with Crippen LogP contribution >= 0.6 is 11.6 Å². The number of nitriles is 1. The molecule has 7 heteroatoms. The summed E-state index contributed by atoms with van der Waals surface area (Å²) in [7, 11) is 0. The van der Waals surface area contributed by atoms with Gasteiger partial charge in [-0.3, -0.25) is 0 Å². The number of anilines is 1. The Hall–Kier alpha value is -2.52. The largest absolute Gasteiger partial charge is 0.384 e. The predicted molar refractivity (Wildman–Crippen MR) is 70.1 cm³/mol. The molecule has 3 rings (SSSR count). The van der Waals surface area contributed by atoms with Crippen LogP contribution in [0.5, 0.6) is 0 Å². The number of nitrogens with one attached hydrogen (secondary N) is 1. The minimum atomic E-state index is -0.388. The number of allylic oxidation sites excluding steroid dienone is 1. The molecule has 1 aliphatic rings. The number of rotatable bonds is 1. The van der Waals surface area contributed by atoms with Crippen LogP contribution in [0.4, 0.5) is 5.95 Å². The number of hydrogen-bond donors (Lipinski definition) is 2. The van der Waals surface area contributed by atoms with Crippen molar-refractivity contribution in [2.75, 3.05) is 5.32 Å². The van der Waals surface area contributed by atoms with Gasteiger partial charge in [0.05, 0.1) is 5.57 Å². The van der Waals surface area contributed by atoms with Crippen molar-refractivity contribution in [2.24, 2.45) is 5.73 Å². The van der Waals surface area contributed by atoms with Gasteiger partial charge in [0.1, 0.15) is 24.3 Å². The van der Waals surface area contributed by atoms with E-state index in [9.17, 15) is 5.26 Å². The maximum absolute atomic E-state index is 9.30. The first-order chi connectivity index (χ1) is 9.20. The molecule has 0 radical (unpaired) electrons. The lowest BCUT2D eigenvalue weighted by molar-refractivity contribution is 0.585. The summed E-state index contributed by atoms with van der Waals surface area (Å²) in [5.74, 6) is 0.805. The fourth-order valence-corrected chi connectivity index (χ4v) is 2.19. The molecule has 1 aliphatic heterocycles. The van der Waals surface area contributed by atoms with E-state index in [1.807, 2.05) is 12.1 Å². The van der Waals surface area contributed by atoms with Gasteiger partial charge in [0.25, 0.3) is 0 Å². The molecule has 19 heavy (non-hydrogen) atoms. The van der Waals surface area contributed by atoms with Crippen LogP contribution in [0.2, 0.25) is 5.02 Å². The van der Waals surface area contributed by atoms with E-state index < -0.39 is 0 Å². The second-order valence-corrected chi connectivity index (χ2v) is 4.48. The molecule has 2 heterocycles. The molecule has 6 nitrogen and oxygen atoms in total. The van der Waals surface area contributed by atoms with Crippen molar-refractivity contribution in [3.8, 4) is 6.07 Å². The van der Waals surface area contributed by atoms with Gasteiger partial charge >= 0.3 is 0 Å². The van der Waals surface area contributed by atoms with Crippen LogP contribution in [0.25, 0.3) is 0 Å². The topological polar surface area (TPSA) is 92.6 Å². The first kappa shape index (κ1) is 11.6. The summed E-state index contributed by atoms with van der Waals surface area (Å²) in [4.78, 5) is 4.06. The third-order valence-corrected chi connectivity index (χ3v) is 3.19. The summed E-state index contributed by atoms with van der Waals surface area (Å²) < 4.78 is 1.62. The first-order valence-corrected chi connectivity index (χ1v) is 5.90. The van der Waals surface area contributed by atoms with E-state index in [-0.39, 0.29) is 6.04 Å².